The molecule has 2 fully saturated rings. The Labute approximate surface area is 166 Å². The van der Waals surface area contributed by atoms with Crippen LogP contribution >= 0.6 is 11.5 Å². The van der Waals surface area contributed by atoms with Gasteiger partial charge in [0.1, 0.15) is 10.4 Å². The second-order valence-electron chi connectivity index (χ2n) is 7.23. The summed E-state index contributed by atoms with van der Waals surface area (Å²) >= 11 is 1.09. The van der Waals surface area contributed by atoms with Gasteiger partial charge in [-0.25, -0.2) is 4.79 Å². The molecule has 0 saturated carbocycles. The van der Waals surface area contributed by atoms with Gasteiger partial charge in [-0.3, -0.25) is 14.5 Å². The molecule has 2 aliphatic rings. The van der Waals surface area contributed by atoms with Gasteiger partial charge in [-0.2, -0.15) is 0 Å². The molecule has 0 bridgehead atoms. The van der Waals surface area contributed by atoms with E-state index in [2.05, 4.69) is 9.59 Å². The van der Waals surface area contributed by atoms with E-state index in [0.29, 0.717) is 43.0 Å². The van der Waals surface area contributed by atoms with E-state index in [4.69, 9.17) is 0 Å². The monoisotopic (exact) mass is 399 g/mol. The molecule has 0 N–H and O–H groups in total. The first-order valence-corrected chi connectivity index (χ1v) is 9.93. The fourth-order valence-corrected chi connectivity index (χ4v) is 4.62. The minimum atomic E-state index is -0.889. The van der Waals surface area contributed by atoms with Crippen molar-refractivity contribution in [1.29, 1.82) is 0 Å². The number of aryl methyl sites for hydroxylation is 1. The zero-order valence-corrected chi connectivity index (χ0v) is 16.6. The molecule has 146 valence electrons. The summed E-state index contributed by atoms with van der Waals surface area (Å²) in [7, 11) is 1.53. The first kappa shape index (κ1) is 18.5. The number of hydrogen-bond acceptors (Lipinski definition) is 6. The van der Waals surface area contributed by atoms with Crippen molar-refractivity contribution in [2.75, 3.05) is 20.1 Å². The Morgan fingerprint density at radius 1 is 1.18 bits per heavy atom. The first-order valence-electron chi connectivity index (χ1n) is 9.16. The zero-order chi connectivity index (χ0) is 19.9. The quantitative estimate of drug-likeness (QED) is 0.736. The van der Waals surface area contributed by atoms with Crippen LogP contribution in [0.25, 0.3) is 0 Å². The fourth-order valence-electron chi connectivity index (χ4n) is 4.00. The third-order valence-corrected chi connectivity index (χ3v) is 6.46. The molecule has 0 radical (unpaired) electrons. The van der Waals surface area contributed by atoms with Gasteiger partial charge in [0, 0.05) is 26.7 Å². The third-order valence-electron chi connectivity index (χ3n) is 5.64. The van der Waals surface area contributed by atoms with Crippen LogP contribution in [0, 0.1) is 6.92 Å². The van der Waals surface area contributed by atoms with E-state index < -0.39 is 5.54 Å². The lowest BCUT2D eigenvalue weighted by Gasteiger charge is -2.42. The van der Waals surface area contributed by atoms with Crippen molar-refractivity contribution in [3.63, 3.8) is 0 Å². The number of nitrogens with zero attached hydrogens (tertiary/aromatic N) is 5. The molecule has 2 aliphatic heterocycles. The number of imide groups is 1. The molecule has 28 heavy (non-hydrogen) atoms. The van der Waals surface area contributed by atoms with Crippen molar-refractivity contribution in [2.45, 2.75) is 31.8 Å². The highest BCUT2D eigenvalue weighted by Crippen LogP contribution is 2.38. The van der Waals surface area contributed by atoms with Gasteiger partial charge in [0.05, 0.1) is 5.69 Å². The van der Waals surface area contributed by atoms with E-state index >= 15 is 0 Å². The molecule has 1 spiro atoms. The third kappa shape index (κ3) is 2.86. The number of amides is 4. The number of hydrogen-bond donors (Lipinski definition) is 0. The number of piperidine rings is 1. The van der Waals surface area contributed by atoms with E-state index in [1.165, 1.54) is 11.9 Å². The van der Waals surface area contributed by atoms with Crippen molar-refractivity contribution in [2.24, 2.45) is 0 Å². The summed E-state index contributed by atoms with van der Waals surface area (Å²) in [5.74, 6) is -0.293. The summed E-state index contributed by atoms with van der Waals surface area (Å²) in [4.78, 5) is 43.7. The van der Waals surface area contributed by atoms with E-state index in [1.54, 1.807) is 16.7 Å². The maximum atomic E-state index is 13.0. The molecule has 3 heterocycles. The number of carbonyl (C=O) groups is 3. The Balaban J connectivity index is 1.56. The number of rotatable bonds is 3. The number of likely N-dealkylation sites (tertiary alicyclic amines) is 1. The van der Waals surface area contributed by atoms with Crippen LogP contribution in [0.15, 0.2) is 30.3 Å². The predicted molar refractivity (Wildman–Crippen MR) is 103 cm³/mol. The second kappa shape index (κ2) is 6.97. The molecular weight excluding hydrogens is 378 g/mol. The van der Waals surface area contributed by atoms with E-state index in [9.17, 15) is 14.4 Å². The topological polar surface area (TPSA) is 86.7 Å². The van der Waals surface area contributed by atoms with Gasteiger partial charge in [-0.1, -0.05) is 34.8 Å². The van der Waals surface area contributed by atoms with Gasteiger partial charge in [0.15, 0.2) is 0 Å². The van der Waals surface area contributed by atoms with Gasteiger partial charge in [-0.05, 0) is 36.9 Å². The SMILES string of the molecule is Cc1nnsc1C(=O)N1CCC2(CC1)C(=O)N(C)C(=O)N2Cc1ccccc1. The largest absolute Gasteiger partial charge is 0.338 e. The first-order chi connectivity index (χ1) is 13.4. The van der Waals surface area contributed by atoms with Crippen LogP contribution in [0.4, 0.5) is 4.79 Å². The molecule has 0 unspecified atom stereocenters. The molecule has 0 aliphatic carbocycles. The number of urea groups is 1. The summed E-state index contributed by atoms with van der Waals surface area (Å²) in [5.41, 5.74) is 0.704. The Bertz CT molecular complexity index is 921. The van der Waals surface area contributed by atoms with Gasteiger partial charge >= 0.3 is 6.03 Å². The average molecular weight is 399 g/mol. The lowest BCUT2D eigenvalue weighted by atomic mass is 9.85. The Morgan fingerprint density at radius 2 is 1.86 bits per heavy atom. The summed E-state index contributed by atoms with van der Waals surface area (Å²) in [6, 6.07) is 9.37. The fraction of sp³-hybridized carbons (Fsp3) is 0.421. The minimum absolute atomic E-state index is 0.109. The molecule has 1 aromatic carbocycles. The van der Waals surface area contributed by atoms with E-state index in [-0.39, 0.29) is 17.8 Å². The highest BCUT2D eigenvalue weighted by molar-refractivity contribution is 7.07. The van der Waals surface area contributed by atoms with E-state index in [1.807, 2.05) is 30.3 Å². The molecule has 2 aromatic rings. The second-order valence-corrected chi connectivity index (χ2v) is 7.98. The molecule has 4 amide bonds. The molecule has 0 atom stereocenters. The maximum Gasteiger partial charge on any atom is 0.327 e. The van der Waals surface area contributed by atoms with Crippen LogP contribution in [0.3, 0.4) is 0 Å². The number of aromatic nitrogens is 2. The predicted octanol–water partition coefficient (Wildman–Crippen LogP) is 1.92. The van der Waals surface area contributed by atoms with Crippen molar-refractivity contribution in [1.82, 2.24) is 24.3 Å². The number of carbonyl (C=O) groups excluding carboxylic acids is 3. The van der Waals surface area contributed by atoms with Crippen molar-refractivity contribution in [3.8, 4) is 0 Å². The lowest BCUT2D eigenvalue weighted by Crippen LogP contribution is -2.57. The van der Waals surface area contributed by atoms with Crippen molar-refractivity contribution < 1.29 is 14.4 Å². The summed E-state index contributed by atoms with van der Waals surface area (Å²) in [6.07, 6.45) is 0.845. The summed E-state index contributed by atoms with van der Waals surface area (Å²) in [5, 5.41) is 3.90. The lowest BCUT2D eigenvalue weighted by molar-refractivity contribution is -0.134. The standard InChI is InChI=1S/C19H21N5O3S/c1-13-15(28-21-20-13)16(25)23-10-8-19(9-11-23)17(26)22(2)18(27)24(19)12-14-6-4-3-5-7-14/h3-7H,8-12H2,1-2H3. The van der Waals surface area contributed by atoms with Gasteiger partial charge in [-0.15, -0.1) is 5.10 Å². The van der Waals surface area contributed by atoms with Crippen molar-refractivity contribution >= 4 is 29.4 Å². The normalized spacial score (nSPS) is 19.0. The highest BCUT2D eigenvalue weighted by atomic mass is 32.1. The molecule has 9 heteroatoms. The van der Waals surface area contributed by atoms with Crippen LogP contribution in [0.2, 0.25) is 0 Å². The molecular formula is C19H21N5O3S. The smallest absolute Gasteiger partial charge is 0.327 e. The van der Waals surface area contributed by atoms with Crippen LogP contribution in [-0.4, -0.2) is 67.8 Å². The highest BCUT2D eigenvalue weighted by Gasteiger charge is 2.57. The maximum absolute atomic E-state index is 13.0. The molecule has 8 nitrogen and oxygen atoms in total. The average Bonchev–Trinajstić information content (AvgIpc) is 3.22. The van der Waals surface area contributed by atoms with Gasteiger partial charge in [0.2, 0.25) is 0 Å². The van der Waals surface area contributed by atoms with Gasteiger partial charge in [0.25, 0.3) is 11.8 Å². The van der Waals surface area contributed by atoms with Crippen LogP contribution < -0.4 is 0 Å². The van der Waals surface area contributed by atoms with Gasteiger partial charge < -0.3 is 9.80 Å². The molecule has 2 saturated heterocycles. The van der Waals surface area contributed by atoms with Crippen molar-refractivity contribution in [3.05, 3.63) is 46.5 Å². The molecule has 1 aromatic heterocycles. The van der Waals surface area contributed by atoms with Crippen LogP contribution in [0.5, 0.6) is 0 Å². The summed E-state index contributed by atoms with van der Waals surface area (Å²) in [6.45, 7) is 2.96. The van der Waals surface area contributed by atoms with E-state index in [0.717, 1.165) is 17.1 Å². The number of benzene rings is 1. The zero-order valence-electron chi connectivity index (χ0n) is 15.8. The Hall–Kier alpha value is -2.81. The Morgan fingerprint density at radius 3 is 2.46 bits per heavy atom. The Kier molecular flexibility index (Phi) is 4.62. The summed E-state index contributed by atoms with van der Waals surface area (Å²) < 4.78 is 3.83. The minimum Gasteiger partial charge on any atom is -0.338 e. The van der Waals surface area contributed by atoms with Crippen LogP contribution in [0.1, 0.15) is 33.8 Å². The molecule has 4 rings (SSSR count). The number of likely N-dealkylation sites (N-methyl/N-ethyl adjacent to an activating group) is 1. The van der Waals surface area contributed by atoms with Crippen LogP contribution in [-0.2, 0) is 11.3 Å².